The molecule has 0 fully saturated rings. The van der Waals surface area contributed by atoms with Gasteiger partial charge in [0, 0.05) is 6.61 Å². The highest BCUT2D eigenvalue weighted by Gasteiger charge is 2.14. The molecule has 20 heavy (non-hydrogen) atoms. The summed E-state index contributed by atoms with van der Waals surface area (Å²) in [6.45, 7) is -2.90. The van der Waals surface area contributed by atoms with Crippen molar-refractivity contribution in [1.29, 1.82) is 0 Å². The summed E-state index contributed by atoms with van der Waals surface area (Å²) in [5.74, 6) is 1.12. The first kappa shape index (κ1) is 14.3. The molecule has 0 amide bonds. The molecule has 1 atom stereocenters. The molecule has 2 rings (SSSR count). The molecule has 0 aliphatic rings. The number of aliphatic hydroxyl groups is 1. The van der Waals surface area contributed by atoms with Gasteiger partial charge < -0.3 is 19.6 Å². The van der Waals surface area contributed by atoms with Crippen LogP contribution in [0.4, 0.5) is 14.6 Å². The Morgan fingerprint density at radius 1 is 1.35 bits per heavy atom. The van der Waals surface area contributed by atoms with Crippen molar-refractivity contribution in [2.75, 3.05) is 11.9 Å². The minimum atomic E-state index is -2.87. The quantitative estimate of drug-likeness (QED) is 0.818. The highest BCUT2D eigenvalue weighted by molar-refractivity contribution is 5.39. The van der Waals surface area contributed by atoms with Crippen molar-refractivity contribution < 1.29 is 23.0 Å². The molecule has 0 bridgehead atoms. The molecular formula is C13H14F2N2O3. The molecule has 2 N–H and O–H groups in total. The van der Waals surface area contributed by atoms with Crippen LogP contribution in [0.25, 0.3) is 0 Å². The molecule has 0 saturated heterocycles. The Bertz CT molecular complexity index is 503. The average molecular weight is 284 g/mol. The van der Waals surface area contributed by atoms with E-state index in [4.69, 9.17) is 9.52 Å². The van der Waals surface area contributed by atoms with Gasteiger partial charge in [-0.1, -0.05) is 0 Å². The molecule has 1 unspecified atom stereocenters. The van der Waals surface area contributed by atoms with Crippen LogP contribution in [-0.4, -0.2) is 23.3 Å². The fourth-order valence-corrected chi connectivity index (χ4v) is 1.72. The van der Waals surface area contributed by atoms with Gasteiger partial charge in [0.15, 0.2) is 0 Å². The smallest absolute Gasteiger partial charge is 0.387 e. The number of aliphatic hydroxyl groups excluding tert-OH is 1. The summed E-state index contributed by atoms with van der Waals surface area (Å²) in [5, 5.41) is 12.1. The molecule has 0 aliphatic heterocycles. The van der Waals surface area contributed by atoms with E-state index in [1.807, 2.05) is 0 Å². The number of furan rings is 1. The number of anilines is 1. The van der Waals surface area contributed by atoms with E-state index in [-0.39, 0.29) is 18.4 Å². The van der Waals surface area contributed by atoms with E-state index >= 15 is 0 Å². The Labute approximate surface area is 114 Å². The van der Waals surface area contributed by atoms with Gasteiger partial charge in [0.25, 0.3) is 0 Å². The normalized spacial score (nSPS) is 12.4. The number of hydrogen-bond acceptors (Lipinski definition) is 5. The molecule has 2 heterocycles. The van der Waals surface area contributed by atoms with Crippen molar-refractivity contribution in [3.63, 3.8) is 0 Å². The second kappa shape index (κ2) is 6.85. The summed E-state index contributed by atoms with van der Waals surface area (Å²) in [6, 6.07) is 6.19. The van der Waals surface area contributed by atoms with Gasteiger partial charge in [-0.15, -0.1) is 0 Å². The summed E-state index contributed by atoms with van der Waals surface area (Å²) in [4.78, 5) is 3.97. The third kappa shape index (κ3) is 3.92. The first-order valence-electron chi connectivity index (χ1n) is 6.00. The number of halogens is 2. The average Bonchev–Trinajstić information content (AvgIpc) is 2.94. The molecule has 0 aromatic carbocycles. The second-order valence-corrected chi connectivity index (χ2v) is 3.98. The molecule has 0 radical (unpaired) electrons. The van der Waals surface area contributed by atoms with Crippen LogP contribution in [0.3, 0.4) is 0 Å². The number of nitrogens with one attached hydrogen (secondary N) is 1. The maximum atomic E-state index is 12.0. The largest absolute Gasteiger partial charge is 0.467 e. The minimum absolute atomic E-state index is 0.0118. The Morgan fingerprint density at radius 2 is 2.20 bits per heavy atom. The SMILES string of the molecule is OCCC(Nc1ccc(OC(F)F)cn1)c1ccco1. The fraction of sp³-hybridized carbons (Fsp3) is 0.308. The van der Waals surface area contributed by atoms with Gasteiger partial charge in [0.05, 0.1) is 18.5 Å². The van der Waals surface area contributed by atoms with Crippen molar-refractivity contribution in [1.82, 2.24) is 4.98 Å². The Morgan fingerprint density at radius 3 is 2.75 bits per heavy atom. The predicted molar refractivity (Wildman–Crippen MR) is 67.6 cm³/mol. The standard InChI is InChI=1S/C13H14F2N2O3/c14-13(15)20-9-3-4-12(16-8-9)17-10(5-6-18)11-2-1-7-19-11/h1-4,7-8,10,13,18H,5-6H2,(H,16,17). The Balaban J connectivity index is 2.03. The van der Waals surface area contributed by atoms with E-state index in [1.165, 1.54) is 24.6 Å². The van der Waals surface area contributed by atoms with Gasteiger partial charge in [0.1, 0.15) is 17.3 Å². The number of pyridine rings is 1. The van der Waals surface area contributed by atoms with Crippen LogP contribution in [0.2, 0.25) is 0 Å². The van der Waals surface area contributed by atoms with Crippen LogP contribution in [0.5, 0.6) is 5.75 Å². The summed E-state index contributed by atoms with van der Waals surface area (Å²) in [5.41, 5.74) is 0. The molecule has 5 nitrogen and oxygen atoms in total. The number of ether oxygens (including phenoxy) is 1. The van der Waals surface area contributed by atoms with Gasteiger partial charge in [-0.05, 0) is 30.7 Å². The Hall–Kier alpha value is -2.15. The summed E-state index contributed by atoms with van der Waals surface area (Å²) >= 11 is 0. The molecule has 0 aliphatic carbocycles. The van der Waals surface area contributed by atoms with Crippen molar-refractivity contribution in [2.45, 2.75) is 19.1 Å². The van der Waals surface area contributed by atoms with Crippen LogP contribution < -0.4 is 10.1 Å². The molecule has 0 saturated carbocycles. The van der Waals surface area contributed by atoms with E-state index in [0.29, 0.717) is 18.0 Å². The zero-order valence-corrected chi connectivity index (χ0v) is 10.5. The van der Waals surface area contributed by atoms with E-state index in [9.17, 15) is 8.78 Å². The van der Waals surface area contributed by atoms with Gasteiger partial charge in [-0.2, -0.15) is 8.78 Å². The summed E-state index contributed by atoms with van der Waals surface area (Å²) in [6.07, 6.45) is 3.17. The van der Waals surface area contributed by atoms with Crippen molar-refractivity contribution in [3.05, 3.63) is 42.5 Å². The minimum Gasteiger partial charge on any atom is -0.467 e. The Kier molecular flexibility index (Phi) is 4.89. The van der Waals surface area contributed by atoms with Crippen LogP contribution in [0.15, 0.2) is 41.1 Å². The predicted octanol–water partition coefficient (Wildman–Crippen LogP) is 2.81. The zero-order chi connectivity index (χ0) is 14.4. The zero-order valence-electron chi connectivity index (χ0n) is 10.5. The topological polar surface area (TPSA) is 67.5 Å². The maximum Gasteiger partial charge on any atom is 0.387 e. The van der Waals surface area contributed by atoms with Crippen LogP contribution in [-0.2, 0) is 0 Å². The van der Waals surface area contributed by atoms with E-state index in [2.05, 4.69) is 15.0 Å². The maximum absolute atomic E-state index is 12.0. The van der Waals surface area contributed by atoms with Gasteiger partial charge in [-0.3, -0.25) is 0 Å². The first-order chi connectivity index (χ1) is 9.69. The number of rotatable bonds is 7. The molecule has 7 heteroatoms. The lowest BCUT2D eigenvalue weighted by atomic mass is 10.1. The van der Waals surface area contributed by atoms with E-state index in [0.717, 1.165) is 0 Å². The van der Waals surface area contributed by atoms with Crippen molar-refractivity contribution in [2.24, 2.45) is 0 Å². The van der Waals surface area contributed by atoms with Crippen molar-refractivity contribution >= 4 is 5.82 Å². The number of aromatic nitrogens is 1. The molecular weight excluding hydrogens is 270 g/mol. The molecule has 2 aromatic heterocycles. The number of alkyl halides is 2. The third-order valence-corrected chi connectivity index (χ3v) is 2.59. The highest BCUT2D eigenvalue weighted by atomic mass is 19.3. The number of hydrogen-bond donors (Lipinski definition) is 2. The van der Waals surface area contributed by atoms with Crippen LogP contribution in [0, 0.1) is 0 Å². The third-order valence-electron chi connectivity index (χ3n) is 2.59. The molecule has 108 valence electrons. The summed E-state index contributed by atoms with van der Waals surface area (Å²) < 4.78 is 33.5. The van der Waals surface area contributed by atoms with E-state index < -0.39 is 6.61 Å². The number of nitrogens with zero attached hydrogens (tertiary/aromatic N) is 1. The van der Waals surface area contributed by atoms with Crippen molar-refractivity contribution in [3.8, 4) is 5.75 Å². The van der Waals surface area contributed by atoms with Crippen LogP contribution >= 0.6 is 0 Å². The monoisotopic (exact) mass is 284 g/mol. The lowest BCUT2D eigenvalue weighted by Gasteiger charge is -2.16. The lowest BCUT2D eigenvalue weighted by Crippen LogP contribution is -2.12. The first-order valence-corrected chi connectivity index (χ1v) is 6.00. The summed E-state index contributed by atoms with van der Waals surface area (Å²) in [7, 11) is 0. The molecule has 2 aromatic rings. The van der Waals surface area contributed by atoms with Gasteiger partial charge in [-0.25, -0.2) is 4.98 Å². The van der Waals surface area contributed by atoms with Crippen LogP contribution in [0.1, 0.15) is 18.2 Å². The fourth-order valence-electron chi connectivity index (χ4n) is 1.72. The second-order valence-electron chi connectivity index (χ2n) is 3.98. The highest BCUT2D eigenvalue weighted by Crippen LogP contribution is 2.23. The van der Waals surface area contributed by atoms with E-state index in [1.54, 1.807) is 12.1 Å². The molecule has 0 spiro atoms. The van der Waals surface area contributed by atoms with Gasteiger partial charge in [0.2, 0.25) is 0 Å². The lowest BCUT2D eigenvalue weighted by molar-refractivity contribution is -0.0500. The van der Waals surface area contributed by atoms with Gasteiger partial charge >= 0.3 is 6.61 Å².